The maximum Gasteiger partial charge on any atom is 0.0568 e. The van der Waals surface area contributed by atoms with Crippen molar-refractivity contribution in [1.82, 2.24) is 9.78 Å². The van der Waals surface area contributed by atoms with Gasteiger partial charge >= 0.3 is 0 Å². The highest BCUT2D eigenvalue weighted by Gasteiger charge is 2.01. The van der Waals surface area contributed by atoms with Crippen molar-refractivity contribution in [1.29, 1.82) is 0 Å². The Kier molecular flexibility index (Phi) is 3.63. The number of hydrogen-bond donors (Lipinski definition) is 0. The van der Waals surface area contributed by atoms with Crippen molar-refractivity contribution in [3.05, 3.63) is 24.0 Å². The number of aromatic nitrogens is 2. The van der Waals surface area contributed by atoms with Gasteiger partial charge in [-0.15, -0.1) is 0 Å². The molecule has 0 radical (unpaired) electrons. The summed E-state index contributed by atoms with van der Waals surface area (Å²) < 4.78 is 1.80. The molecule has 1 heterocycles. The van der Waals surface area contributed by atoms with Gasteiger partial charge in [-0.1, -0.05) is 19.9 Å². The summed E-state index contributed by atoms with van der Waals surface area (Å²) in [5.41, 5.74) is 2.25. The minimum atomic E-state index is 0.517. The minimum Gasteiger partial charge on any atom is -0.296 e. The van der Waals surface area contributed by atoms with Gasteiger partial charge in [-0.05, 0) is 11.5 Å². The molecule has 76 valence electrons. The van der Waals surface area contributed by atoms with E-state index in [-0.39, 0.29) is 0 Å². The van der Waals surface area contributed by atoms with E-state index in [1.165, 1.54) is 0 Å². The molecule has 0 aliphatic rings. The molecule has 0 aliphatic carbocycles. The second kappa shape index (κ2) is 4.74. The van der Waals surface area contributed by atoms with Gasteiger partial charge in [-0.25, -0.2) is 0 Å². The van der Waals surface area contributed by atoms with E-state index < -0.39 is 0 Å². The molecule has 3 heteroatoms. The van der Waals surface area contributed by atoms with Gasteiger partial charge in [-0.3, -0.25) is 9.67 Å². The molecule has 1 aromatic heterocycles. The van der Waals surface area contributed by atoms with Crippen molar-refractivity contribution >= 4 is 11.8 Å². The quantitative estimate of drug-likeness (QED) is 0.673. The number of aliphatic imine (C=N–C) groups is 1. The highest BCUT2D eigenvalue weighted by Crippen LogP contribution is 2.13. The van der Waals surface area contributed by atoms with Crippen LogP contribution in [0.3, 0.4) is 0 Å². The van der Waals surface area contributed by atoms with Crippen molar-refractivity contribution in [3.8, 4) is 0 Å². The third-order valence-electron chi connectivity index (χ3n) is 1.82. The Morgan fingerprint density at radius 2 is 2.29 bits per heavy atom. The van der Waals surface area contributed by atoms with E-state index in [0.717, 1.165) is 11.1 Å². The summed E-state index contributed by atoms with van der Waals surface area (Å²) in [4.78, 5) is 4.04. The molecule has 0 saturated carbocycles. The Bertz CT molecular complexity index is 345. The van der Waals surface area contributed by atoms with E-state index in [1.807, 2.05) is 25.7 Å². The Labute approximate surface area is 85.2 Å². The summed E-state index contributed by atoms with van der Waals surface area (Å²) in [6.45, 7) is 4.31. The molecule has 0 N–H and O–H groups in total. The normalized spacial score (nSPS) is 13.1. The lowest BCUT2D eigenvalue weighted by molar-refractivity contribution is 0.767. The fraction of sp³-hybridized carbons (Fsp3) is 0.455. The molecule has 1 aromatic rings. The predicted molar refractivity (Wildman–Crippen MR) is 60.4 cm³/mol. The number of rotatable bonds is 3. The molecule has 0 aliphatic heterocycles. The topological polar surface area (TPSA) is 30.2 Å². The minimum absolute atomic E-state index is 0.517. The van der Waals surface area contributed by atoms with Crippen LogP contribution in [0.4, 0.5) is 0 Å². The molecule has 0 aromatic carbocycles. The first-order chi connectivity index (χ1) is 6.63. The van der Waals surface area contributed by atoms with Crippen LogP contribution in [0.2, 0.25) is 0 Å². The number of allylic oxidation sites excluding steroid dienone is 2. The summed E-state index contributed by atoms with van der Waals surface area (Å²) in [5.74, 6) is 0.517. The van der Waals surface area contributed by atoms with E-state index >= 15 is 0 Å². The zero-order valence-corrected chi connectivity index (χ0v) is 9.23. The van der Waals surface area contributed by atoms with Crippen LogP contribution in [0.5, 0.6) is 0 Å². The first-order valence-corrected chi connectivity index (χ1v) is 4.76. The molecule has 1 rings (SSSR count). The van der Waals surface area contributed by atoms with Crippen molar-refractivity contribution in [2.24, 2.45) is 18.0 Å². The summed E-state index contributed by atoms with van der Waals surface area (Å²) in [6.07, 6.45) is 7.91. The fourth-order valence-corrected chi connectivity index (χ4v) is 1.28. The summed E-state index contributed by atoms with van der Waals surface area (Å²) in [6, 6.07) is 0. The predicted octanol–water partition coefficient (Wildman–Crippen LogP) is 2.16. The van der Waals surface area contributed by atoms with Crippen molar-refractivity contribution in [3.63, 3.8) is 0 Å². The second-order valence-electron chi connectivity index (χ2n) is 3.66. The third-order valence-corrected chi connectivity index (χ3v) is 1.82. The van der Waals surface area contributed by atoms with Gasteiger partial charge in [-0.2, -0.15) is 5.10 Å². The molecule has 14 heavy (non-hydrogen) atoms. The molecule has 0 amide bonds. The summed E-state index contributed by atoms with van der Waals surface area (Å²) in [7, 11) is 3.70. The van der Waals surface area contributed by atoms with Crippen LogP contribution in [0.1, 0.15) is 19.4 Å². The fourth-order valence-electron chi connectivity index (χ4n) is 1.28. The van der Waals surface area contributed by atoms with Gasteiger partial charge in [0.25, 0.3) is 0 Å². The molecule has 0 saturated heterocycles. The molecule has 0 unspecified atom stereocenters. The van der Waals surface area contributed by atoms with Gasteiger partial charge in [0, 0.05) is 32.1 Å². The Morgan fingerprint density at radius 1 is 1.57 bits per heavy atom. The van der Waals surface area contributed by atoms with Crippen molar-refractivity contribution in [2.45, 2.75) is 13.8 Å². The standard InChI is InChI=1S/C11H17N3/c1-9(2)5-10(6-12-3)11-7-13-14(4)8-11/h5-9H,1-4H3. The van der Waals surface area contributed by atoms with Gasteiger partial charge in [0.1, 0.15) is 0 Å². The molecule has 0 bridgehead atoms. The Morgan fingerprint density at radius 3 is 2.71 bits per heavy atom. The van der Waals surface area contributed by atoms with E-state index in [4.69, 9.17) is 0 Å². The van der Waals surface area contributed by atoms with Gasteiger partial charge in [0.15, 0.2) is 0 Å². The van der Waals surface area contributed by atoms with Crippen molar-refractivity contribution in [2.75, 3.05) is 7.05 Å². The summed E-state index contributed by atoms with van der Waals surface area (Å²) in [5, 5.41) is 4.14. The highest BCUT2D eigenvalue weighted by atomic mass is 15.2. The summed E-state index contributed by atoms with van der Waals surface area (Å²) >= 11 is 0. The zero-order valence-electron chi connectivity index (χ0n) is 9.23. The van der Waals surface area contributed by atoms with Crippen LogP contribution >= 0.6 is 0 Å². The second-order valence-corrected chi connectivity index (χ2v) is 3.66. The number of aryl methyl sites for hydroxylation is 1. The lowest BCUT2D eigenvalue weighted by Gasteiger charge is -2.00. The van der Waals surface area contributed by atoms with Crippen LogP contribution in [0, 0.1) is 5.92 Å². The van der Waals surface area contributed by atoms with Crippen LogP contribution in [-0.4, -0.2) is 23.0 Å². The van der Waals surface area contributed by atoms with Crippen LogP contribution in [0.15, 0.2) is 23.5 Å². The van der Waals surface area contributed by atoms with E-state index in [0.29, 0.717) is 5.92 Å². The van der Waals surface area contributed by atoms with Crippen LogP contribution in [0.25, 0.3) is 5.57 Å². The maximum absolute atomic E-state index is 4.14. The first-order valence-electron chi connectivity index (χ1n) is 4.76. The van der Waals surface area contributed by atoms with Gasteiger partial charge in [0.2, 0.25) is 0 Å². The average molecular weight is 191 g/mol. The maximum atomic E-state index is 4.14. The number of nitrogens with zero attached hydrogens (tertiary/aromatic N) is 3. The first kappa shape index (κ1) is 10.7. The van der Waals surface area contributed by atoms with E-state index in [2.05, 4.69) is 30.0 Å². The number of hydrogen-bond acceptors (Lipinski definition) is 2. The Balaban J connectivity index is 3.00. The van der Waals surface area contributed by atoms with Gasteiger partial charge < -0.3 is 0 Å². The highest BCUT2D eigenvalue weighted by molar-refractivity contribution is 6.09. The SMILES string of the molecule is CN=CC(=CC(C)C)c1cnn(C)c1. The van der Waals surface area contributed by atoms with Crippen molar-refractivity contribution < 1.29 is 0 Å². The zero-order chi connectivity index (χ0) is 10.6. The monoisotopic (exact) mass is 191 g/mol. The molecule has 0 spiro atoms. The third kappa shape index (κ3) is 2.83. The molecular formula is C11H17N3. The van der Waals surface area contributed by atoms with E-state index in [1.54, 1.807) is 11.7 Å². The smallest absolute Gasteiger partial charge is 0.0568 e. The van der Waals surface area contributed by atoms with Crippen LogP contribution < -0.4 is 0 Å². The van der Waals surface area contributed by atoms with Crippen LogP contribution in [-0.2, 0) is 7.05 Å². The molecular weight excluding hydrogens is 174 g/mol. The molecule has 3 nitrogen and oxygen atoms in total. The van der Waals surface area contributed by atoms with E-state index in [9.17, 15) is 0 Å². The molecule has 0 atom stereocenters. The van der Waals surface area contributed by atoms with Gasteiger partial charge in [0.05, 0.1) is 6.20 Å². The lowest BCUT2D eigenvalue weighted by Crippen LogP contribution is -1.89. The lowest BCUT2D eigenvalue weighted by atomic mass is 10.1. The largest absolute Gasteiger partial charge is 0.296 e. The Hall–Kier alpha value is -1.38. The molecule has 0 fully saturated rings. The average Bonchev–Trinajstić information content (AvgIpc) is 2.50.